The SMILES string of the molecule is CC(C)NCCS(=O)(=O)N1CC(O)CC1CN(C)C. The van der Waals surface area contributed by atoms with Gasteiger partial charge >= 0.3 is 0 Å². The van der Waals surface area contributed by atoms with Gasteiger partial charge in [-0.2, -0.15) is 4.31 Å². The second-order valence-corrected chi connectivity index (χ2v) is 7.84. The third kappa shape index (κ3) is 5.35. The van der Waals surface area contributed by atoms with Crippen LogP contribution in [0.2, 0.25) is 0 Å². The maximum Gasteiger partial charge on any atom is 0.215 e. The molecule has 2 atom stereocenters. The van der Waals surface area contributed by atoms with Crippen LogP contribution in [-0.4, -0.2) is 80.4 Å². The molecule has 2 N–H and O–H groups in total. The van der Waals surface area contributed by atoms with E-state index in [9.17, 15) is 13.5 Å². The third-order valence-corrected chi connectivity index (χ3v) is 5.07. The summed E-state index contributed by atoms with van der Waals surface area (Å²) >= 11 is 0. The summed E-state index contributed by atoms with van der Waals surface area (Å²) in [5.74, 6) is 0.0851. The fraction of sp³-hybridized carbons (Fsp3) is 1.00. The first-order valence-electron chi connectivity index (χ1n) is 6.78. The zero-order valence-corrected chi connectivity index (χ0v) is 13.2. The van der Waals surface area contributed by atoms with Gasteiger partial charge in [0.05, 0.1) is 11.9 Å². The number of sulfonamides is 1. The Balaban J connectivity index is 2.63. The van der Waals surface area contributed by atoms with Crippen molar-refractivity contribution < 1.29 is 13.5 Å². The van der Waals surface area contributed by atoms with Gasteiger partial charge in [-0.15, -0.1) is 0 Å². The summed E-state index contributed by atoms with van der Waals surface area (Å²) in [4.78, 5) is 1.96. The molecule has 0 aromatic rings. The van der Waals surface area contributed by atoms with Gasteiger partial charge < -0.3 is 15.3 Å². The third-order valence-electron chi connectivity index (χ3n) is 3.19. The Kier molecular flexibility index (Phi) is 6.19. The molecule has 2 unspecified atom stereocenters. The lowest BCUT2D eigenvalue weighted by molar-refractivity contribution is 0.188. The molecule has 0 spiro atoms. The second-order valence-electron chi connectivity index (χ2n) is 5.80. The van der Waals surface area contributed by atoms with Crippen LogP contribution in [0, 0.1) is 0 Å². The van der Waals surface area contributed by atoms with E-state index in [4.69, 9.17) is 0 Å². The molecular formula is C12H27N3O3S. The summed E-state index contributed by atoms with van der Waals surface area (Å²) < 4.78 is 26.1. The Bertz CT molecular complexity index is 370. The molecule has 6 nitrogen and oxygen atoms in total. The van der Waals surface area contributed by atoms with Crippen LogP contribution in [0.1, 0.15) is 20.3 Å². The Morgan fingerprint density at radius 1 is 1.42 bits per heavy atom. The predicted molar refractivity (Wildman–Crippen MR) is 76.6 cm³/mol. The number of nitrogens with one attached hydrogen (secondary N) is 1. The van der Waals surface area contributed by atoms with Crippen LogP contribution in [0.4, 0.5) is 0 Å². The molecule has 0 bridgehead atoms. The summed E-state index contributed by atoms with van der Waals surface area (Å²) in [5, 5.41) is 12.8. The molecule has 1 heterocycles. The topological polar surface area (TPSA) is 72.9 Å². The van der Waals surface area contributed by atoms with Gasteiger partial charge in [-0.3, -0.25) is 0 Å². The van der Waals surface area contributed by atoms with Crippen molar-refractivity contribution in [1.82, 2.24) is 14.5 Å². The Morgan fingerprint density at radius 3 is 2.58 bits per heavy atom. The molecule has 1 aliphatic rings. The zero-order chi connectivity index (χ0) is 14.6. The summed E-state index contributed by atoms with van der Waals surface area (Å²) in [5.41, 5.74) is 0. The minimum absolute atomic E-state index is 0.0851. The first-order chi connectivity index (χ1) is 8.72. The van der Waals surface area contributed by atoms with Crippen LogP contribution in [-0.2, 0) is 10.0 Å². The number of aliphatic hydroxyl groups excluding tert-OH is 1. The van der Waals surface area contributed by atoms with Gasteiger partial charge in [-0.25, -0.2) is 8.42 Å². The largest absolute Gasteiger partial charge is 0.392 e. The molecular weight excluding hydrogens is 266 g/mol. The van der Waals surface area contributed by atoms with E-state index in [1.807, 2.05) is 32.8 Å². The van der Waals surface area contributed by atoms with Crippen LogP contribution in [0.5, 0.6) is 0 Å². The molecule has 0 aromatic heterocycles. The van der Waals surface area contributed by atoms with Crippen molar-refractivity contribution in [3.8, 4) is 0 Å². The van der Waals surface area contributed by atoms with E-state index < -0.39 is 16.1 Å². The Morgan fingerprint density at radius 2 is 2.05 bits per heavy atom. The molecule has 1 saturated heterocycles. The monoisotopic (exact) mass is 293 g/mol. The van der Waals surface area contributed by atoms with E-state index in [2.05, 4.69) is 5.32 Å². The van der Waals surface area contributed by atoms with Gasteiger partial charge in [0.2, 0.25) is 10.0 Å². The maximum atomic E-state index is 12.3. The molecule has 1 rings (SSSR count). The Hall–Kier alpha value is -0.210. The molecule has 0 saturated carbocycles. The first-order valence-corrected chi connectivity index (χ1v) is 8.39. The van der Waals surface area contributed by atoms with Crippen molar-refractivity contribution in [2.45, 2.75) is 38.5 Å². The molecule has 1 aliphatic heterocycles. The number of hydrogen-bond acceptors (Lipinski definition) is 5. The zero-order valence-electron chi connectivity index (χ0n) is 12.3. The molecule has 0 amide bonds. The predicted octanol–water partition coefficient (Wildman–Crippen LogP) is -0.689. The molecule has 1 fully saturated rings. The van der Waals surface area contributed by atoms with E-state index in [0.29, 0.717) is 19.5 Å². The van der Waals surface area contributed by atoms with E-state index in [0.717, 1.165) is 0 Å². The first kappa shape index (κ1) is 16.8. The van der Waals surface area contributed by atoms with Crippen molar-refractivity contribution in [3.63, 3.8) is 0 Å². The average molecular weight is 293 g/mol. The van der Waals surface area contributed by atoms with Crippen LogP contribution in [0.3, 0.4) is 0 Å². The van der Waals surface area contributed by atoms with Gasteiger partial charge in [0.1, 0.15) is 0 Å². The van der Waals surface area contributed by atoms with Gasteiger partial charge in [-0.05, 0) is 20.5 Å². The van der Waals surface area contributed by atoms with E-state index in [1.165, 1.54) is 4.31 Å². The average Bonchev–Trinajstić information content (AvgIpc) is 2.58. The molecule has 0 aromatic carbocycles. The summed E-state index contributed by atoms with van der Waals surface area (Å²) in [6.45, 7) is 5.29. The quantitative estimate of drug-likeness (QED) is 0.650. The van der Waals surface area contributed by atoms with Crippen molar-refractivity contribution in [2.24, 2.45) is 0 Å². The van der Waals surface area contributed by atoms with E-state index >= 15 is 0 Å². The van der Waals surface area contributed by atoms with Crippen molar-refractivity contribution in [2.75, 3.05) is 39.5 Å². The lowest BCUT2D eigenvalue weighted by Gasteiger charge is -2.26. The minimum Gasteiger partial charge on any atom is -0.392 e. The van der Waals surface area contributed by atoms with Crippen LogP contribution < -0.4 is 5.32 Å². The summed E-state index contributed by atoms with van der Waals surface area (Å²) in [6, 6.07) is 0.158. The van der Waals surface area contributed by atoms with Crippen molar-refractivity contribution >= 4 is 10.0 Å². The van der Waals surface area contributed by atoms with Crippen molar-refractivity contribution in [3.05, 3.63) is 0 Å². The summed E-state index contributed by atoms with van der Waals surface area (Å²) in [7, 11) is 0.526. The minimum atomic E-state index is -3.30. The van der Waals surface area contributed by atoms with Crippen LogP contribution >= 0.6 is 0 Å². The van der Waals surface area contributed by atoms with Gasteiger partial charge in [0.25, 0.3) is 0 Å². The Labute approximate surface area is 116 Å². The van der Waals surface area contributed by atoms with Gasteiger partial charge in [-0.1, -0.05) is 13.8 Å². The second kappa shape index (κ2) is 6.99. The highest BCUT2D eigenvalue weighted by atomic mass is 32.2. The number of β-amino-alcohol motifs (C(OH)–C–C–N with tert-alkyl or cyclic N) is 1. The maximum absolute atomic E-state index is 12.3. The molecule has 0 radical (unpaired) electrons. The highest BCUT2D eigenvalue weighted by Crippen LogP contribution is 2.22. The van der Waals surface area contributed by atoms with E-state index in [1.54, 1.807) is 0 Å². The molecule has 7 heteroatoms. The normalized spacial score (nSPS) is 25.6. The molecule has 114 valence electrons. The van der Waals surface area contributed by atoms with Crippen LogP contribution in [0.15, 0.2) is 0 Å². The lowest BCUT2D eigenvalue weighted by atomic mass is 10.2. The smallest absolute Gasteiger partial charge is 0.215 e. The number of rotatable bonds is 7. The van der Waals surface area contributed by atoms with Crippen molar-refractivity contribution in [1.29, 1.82) is 0 Å². The fourth-order valence-electron chi connectivity index (χ4n) is 2.38. The molecule has 19 heavy (non-hydrogen) atoms. The fourth-order valence-corrected chi connectivity index (χ4v) is 4.00. The highest BCUT2D eigenvalue weighted by molar-refractivity contribution is 7.89. The number of likely N-dealkylation sites (N-methyl/N-ethyl adjacent to an activating group) is 1. The molecule has 0 aliphatic carbocycles. The standard InChI is InChI=1S/C12H27N3O3S/c1-10(2)13-5-6-19(17,18)15-9-12(16)7-11(15)8-14(3)4/h10-13,16H,5-9H2,1-4H3. The highest BCUT2D eigenvalue weighted by Gasteiger charge is 2.38. The van der Waals surface area contributed by atoms with Crippen LogP contribution in [0.25, 0.3) is 0 Å². The summed E-state index contributed by atoms with van der Waals surface area (Å²) in [6.07, 6.45) is -0.0209. The van der Waals surface area contributed by atoms with Gasteiger partial charge in [0, 0.05) is 31.7 Å². The number of hydrogen-bond donors (Lipinski definition) is 2. The van der Waals surface area contributed by atoms with E-state index in [-0.39, 0.29) is 24.4 Å². The number of nitrogens with zero attached hydrogens (tertiary/aromatic N) is 2. The van der Waals surface area contributed by atoms with Gasteiger partial charge in [0.15, 0.2) is 0 Å². The number of aliphatic hydroxyl groups is 1. The lowest BCUT2D eigenvalue weighted by Crippen LogP contribution is -2.44.